The quantitative estimate of drug-likeness (QED) is 0.818. The van der Waals surface area contributed by atoms with E-state index in [9.17, 15) is 4.79 Å². The molecule has 0 radical (unpaired) electrons. The van der Waals surface area contributed by atoms with Crippen molar-refractivity contribution >= 4 is 29.0 Å². The summed E-state index contributed by atoms with van der Waals surface area (Å²) in [4.78, 5) is 21.2. The molecule has 1 fully saturated rings. The van der Waals surface area contributed by atoms with E-state index in [0.717, 1.165) is 36.5 Å². The van der Waals surface area contributed by atoms with Crippen LogP contribution in [-0.4, -0.2) is 27.6 Å². The number of benzene rings is 1. The summed E-state index contributed by atoms with van der Waals surface area (Å²) < 4.78 is 0. The van der Waals surface area contributed by atoms with E-state index in [-0.39, 0.29) is 11.3 Å². The van der Waals surface area contributed by atoms with Gasteiger partial charge in [0.25, 0.3) is 0 Å². The lowest BCUT2D eigenvalue weighted by Crippen LogP contribution is -2.43. The fraction of sp³-hybridized carbons (Fsp3) is 0.444. The molecule has 2 atom stereocenters. The first kappa shape index (κ1) is 15.2. The molecule has 0 saturated carbocycles. The van der Waals surface area contributed by atoms with Crippen LogP contribution >= 0.6 is 23.1 Å². The van der Waals surface area contributed by atoms with Crippen LogP contribution in [0.5, 0.6) is 0 Å². The summed E-state index contributed by atoms with van der Waals surface area (Å²) in [5.74, 6) is 0.295. The first-order valence-electron chi connectivity index (χ1n) is 8.19. The van der Waals surface area contributed by atoms with E-state index < -0.39 is 0 Å². The molecule has 1 amide bonds. The van der Waals surface area contributed by atoms with Gasteiger partial charge in [-0.15, -0.1) is 23.1 Å². The van der Waals surface area contributed by atoms with E-state index in [4.69, 9.17) is 0 Å². The van der Waals surface area contributed by atoms with Crippen molar-refractivity contribution in [1.29, 1.82) is 0 Å². The van der Waals surface area contributed by atoms with Crippen LogP contribution in [0, 0.1) is 6.92 Å². The molecule has 0 bridgehead atoms. The van der Waals surface area contributed by atoms with E-state index in [1.165, 1.54) is 16.9 Å². The Bertz CT molecular complexity index is 702. The second-order valence-electron chi connectivity index (χ2n) is 6.29. The highest BCUT2D eigenvalue weighted by Gasteiger charge is 2.36. The van der Waals surface area contributed by atoms with Crippen LogP contribution in [0.2, 0.25) is 0 Å². The van der Waals surface area contributed by atoms with Crippen molar-refractivity contribution in [2.24, 2.45) is 0 Å². The minimum Gasteiger partial charge on any atom is -0.332 e. The van der Waals surface area contributed by atoms with Crippen LogP contribution in [0.1, 0.15) is 41.6 Å². The van der Waals surface area contributed by atoms with Crippen LogP contribution in [0.25, 0.3) is 0 Å². The molecule has 3 nitrogen and oxygen atoms in total. The molecular formula is C18H20N2OS2. The van der Waals surface area contributed by atoms with E-state index in [1.807, 2.05) is 6.92 Å². The fourth-order valence-corrected chi connectivity index (χ4v) is 5.69. The fourth-order valence-electron chi connectivity index (χ4n) is 3.48. The number of likely N-dealkylation sites (tertiary alicyclic amines) is 1. The predicted molar refractivity (Wildman–Crippen MR) is 94.9 cm³/mol. The molecule has 120 valence electrons. The Hall–Kier alpha value is -1.33. The largest absolute Gasteiger partial charge is 0.332 e. The number of aromatic nitrogens is 1. The monoisotopic (exact) mass is 344 g/mol. The molecule has 0 unspecified atom stereocenters. The average Bonchev–Trinajstić information content (AvgIpc) is 3.20. The summed E-state index contributed by atoms with van der Waals surface area (Å²) in [6, 6.07) is 8.58. The summed E-state index contributed by atoms with van der Waals surface area (Å²) in [6.07, 6.45) is 4.20. The van der Waals surface area contributed by atoms with Gasteiger partial charge in [-0.25, -0.2) is 4.98 Å². The lowest BCUT2D eigenvalue weighted by Gasteiger charge is -2.36. The molecule has 1 saturated heterocycles. The maximum absolute atomic E-state index is 13.1. The first-order chi connectivity index (χ1) is 11.2. The van der Waals surface area contributed by atoms with Crippen molar-refractivity contribution in [2.75, 3.05) is 6.54 Å². The summed E-state index contributed by atoms with van der Waals surface area (Å²) in [6.45, 7) is 2.90. The van der Waals surface area contributed by atoms with Crippen molar-refractivity contribution in [3.63, 3.8) is 0 Å². The van der Waals surface area contributed by atoms with Gasteiger partial charge in [0, 0.05) is 22.5 Å². The summed E-state index contributed by atoms with van der Waals surface area (Å²) >= 11 is 3.43. The summed E-state index contributed by atoms with van der Waals surface area (Å²) in [7, 11) is 0. The van der Waals surface area contributed by atoms with Gasteiger partial charge >= 0.3 is 0 Å². The highest BCUT2D eigenvalue weighted by atomic mass is 32.2. The molecule has 2 aliphatic heterocycles. The zero-order chi connectivity index (χ0) is 15.8. The van der Waals surface area contributed by atoms with Crippen LogP contribution in [0.15, 0.2) is 34.5 Å². The Morgan fingerprint density at radius 3 is 2.96 bits per heavy atom. The SMILES string of the molecule is Cc1csc([C@@H]2CCCCN2C(=O)[C@@H]2Cc3ccccc3S2)n1. The summed E-state index contributed by atoms with van der Waals surface area (Å²) in [5.41, 5.74) is 2.38. The maximum Gasteiger partial charge on any atom is 0.236 e. The van der Waals surface area contributed by atoms with Crippen LogP contribution in [0.4, 0.5) is 0 Å². The van der Waals surface area contributed by atoms with Crippen LogP contribution < -0.4 is 0 Å². The zero-order valence-corrected chi connectivity index (χ0v) is 14.8. The Morgan fingerprint density at radius 2 is 2.17 bits per heavy atom. The lowest BCUT2D eigenvalue weighted by molar-refractivity contribution is -0.134. The number of aryl methyl sites for hydroxylation is 1. The lowest BCUT2D eigenvalue weighted by atomic mass is 10.0. The van der Waals surface area contributed by atoms with Crippen molar-refractivity contribution in [3.8, 4) is 0 Å². The van der Waals surface area contributed by atoms with Crippen LogP contribution in [0.3, 0.4) is 0 Å². The average molecular weight is 345 g/mol. The minimum atomic E-state index is 0.0362. The summed E-state index contributed by atoms with van der Waals surface area (Å²) in [5, 5.41) is 3.23. The van der Waals surface area contributed by atoms with E-state index in [1.54, 1.807) is 23.1 Å². The number of fused-ring (bicyclic) bond motifs is 1. The van der Waals surface area contributed by atoms with Crippen molar-refractivity contribution in [3.05, 3.63) is 45.9 Å². The molecular weight excluding hydrogens is 324 g/mol. The molecule has 1 aromatic carbocycles. The Balaban J connectivity index is 1.55. The number of thiazole rings is 1. The zero-order valence-electron chi connectivity index (χ0n) is 13.2. The number of carbonyl (C=O) groups is 1. The van der Waals surface area contributed by atoms with Crippen molar-refractivity contribution in [2.45, 2.75) is 48.8 Å². The number of thioether (sulfide) groups is 1. The van der Waals surface area contributed by atoms with Gasteiger partial charge in [0.05, 0.1) is 11.3 Å². The van der Waals surface area contributed by atoms with E-state index in [2.05, 4.69) is 39.5 Å². The number of piperidine rings is 1. The minimum absolute atomic E-state index is 0.0362. The molecule has 4 rings (SSSR count). The number of amides is 1. The van der Waals surface area contributed by atoms with Gasteiger partial charge < -0.3 is 4.90 Å². The molecule has 0 N–H and O–H groups in total. The Labute approximate surface area is 145 Å². The van der Waals surface area contributed by atoms with Crippen LogP contribution in [-0.2, 0) is 11.2 Å². The van der Waals surface area contributed by atoms with Gasteiger partial charge in [-0.05, 0) is 44.2 Å². The van der Waals surface area contributed by atoms with Gasteiger partial charge in [-0.2, -0.15) is 0 Å². The van der Waals surface area contributed by atoms with Gasteiger partial charge in [0.2, 0.25) is 5.91 Å². The molecule has 3 heterocycles. The van der Waals surface area contributed by atoms with Gasteiger partial charge in [0.1, 0.15) is 5.01 Å². The van der Waals surface area contributed by atoms with Crippen molar-refractivity contribution in [1.82, 2.24) is 9.88 Å². The predicted octanol–water partition coefficient (Wildman–Crippen LogP) is 4.22. The Kier molecular flexibility index (Phi) is 4.16. The van der Waals surface area contributed by atoms with Gasteiger partial charge in [-0.1, -0.05) is 18.2 Å². The third-order valence-corrected chi connectivity index (χ3v) is 7.00. The molecule has 0 spiro atoms. The topological polar surface area (TPSA) is 33.2 Å². The van der Waals surface area contributed by atoms with E-state index in [0.29, 0.717) is 5.91 Å². The standard InChI is InChI=1S/C18H20N2OS2/c1-12-11-22-17(19-12)14-7-4-5-9-20(14)18(21)16-10-13-6-2-3-8-15(13)23-16/h2-3,6,8,11,14,16H,4-5,7,9-10H2,1H3/t14-,16-/m0/s1. The highest BCUT2D eigenvalue weighted by molar-refractivity contribution is 8.01. The molecule has 1 aromatic heterocycles. The molecule has 2 aromatic rings. The number of carbonyl (C=O) groups excluding carboxylic acids is 1. The van der Waals surface area contributed by atoms with Gasteiger partial charge in [0.15, 0.2) is 0 Å². The van der Waals surface area contributed by atoms with E-state index >= 15 is 0 Å². The number of hydrogen-bond acceptors (Lipinski definition) is 4. The highest BCUT2D eigenvalue weighted by Crippen LogP contribution is 2.40. The smallest absolute Gasteiger partial charge is 0.236 e. The third-order valence-electron chi connectivity index (χ3n) is 4.63. The molecule has 0 aliphatic carbocycles. The second-order valence-corrected chi connectivity index (χ2v) is 8.42. The molecule has 5 heteroatoms. The molecule has 2 aliphatic rings. The number of hydrogen-bond donors (Lipinski definition) is 0. The number of rotatable bonds is 2. The number of nitrogens with zero attached hydrogens (tertiary/aromatic N) is 2. The van der Waals surface area contributed by atoms with Crippen molar-refractivity contribution < 1.29 is 4.79 Å². The Morgan fingerprint density at radius 1 is 1.30 bits per heavy atom. The third kappa shape index (κ3) is 2.92. The molecule has 23 heavy (non-hydrogen) atoms. The second kappa shape index (κ2) is 6.29. The maximum atomic E-state index is 13.1. The first-order valence-corrected chi connectivity index (χ1v) is 9.95. The van der Waals surface area contributed by atoms with Gasteiger partial charge in [-0.3, -0.25) is 4.79 Å². The normalized spacial score (nSPS) is 23.8.